The molecule has 10 heteroatoms. The summed E-state index contributed by atoms with van der Waals surface area (Å²) in [6.07, 6.45) is 4.61. The third-order valence-electron chi connectivity index (χ3n) is 7.82. The molecule has 1 saturated carbocycles. The molecule has 0 bridgehead atoms. The fourth-order valence-electron chi connectivity index (χ4n) is 5.38. The highest BCUT2D eigenvalue weighted by molar-refractivity contribution is 5.78. The molecule has 3 aromatic rings. The predicted octanol–water partition coefficient (Wildman–Crippen LogP) is 6.73. The summed E-state index contributed by atoms with van der Waals surface area (Å²) in [5.41, 5.74) is 8.39. The van der Waals surface area contributed by atoms with Crippen LogP contribution in [0, 0.1) is 17.2 Å². The van der Waals surface area contributed by atoms with Crippen molar-refractivity contribution < 1.29 is 23.7 Å². The number of benzene rings is 2. The van der Waals surface area contributed by atoms with E-state index in [9.17, 15) is 10.1 Å². The normalized spacial score (nSPS) is 16.7. The van der Waals surface area contributed by atoms with E-state index in [1.54, 1.807) is 12.0 Å². The van der Waals surface area contributed by atoms with Crippen molar-refractivity contribution in [1.82, 2.24) is 9.88 Å². The number of amides is 1. The molecule has 2 heterocycles. The first kappa shape index (κ1) is 31.6. The Morgan fingerprint density at radius 1 is 1.13 bits per heavy atom. The molecule has 2 fully saturated rings. The summed E-state index contributed by atoms with van der Waals surface area (Å²) in [6, 6.07) is 17.6. The van der Waals surface area contributed by atoms with E-state index >= 15 is 0 Å². The number of rotatable bonds is 10. The monoisotopic (exact) mass is 611 g/mol. The van der Waals surface area contributed by atoms with Crippen LogP contribution in [0.1, 0.15) is 69.1 Å². The molecule has 1 saturated heterocycles. The number of nitriles is 1. The Morgan fingerprint density at radius 2 is 1.87 bits per heavy atom. The minimum Gasteiger partial charge on any atom is -0.497 e. The average Bonchev–Trinajstić information content (AvgIpc) is 3.87. The largest absolute Gasteiger partial charge is 0.497 e. The lowest BCUT2D eigenvalue weighted by molar-refractivity contribution is 0.0198. The van der Waals surface area contributed by atoms with Crippen LogP contribution >= 0.6 is 0 Å². The highest BCUT2D eigenvalue weighted by atomic mass is 16.6. The number of piperidine rings is 1. The fourth-order valence-corrected chi connectivity index (χ4v) is 5.38. The standard InChI is InChI=1S/C35H41N5O5/c1-35(2,3)45-34(41)40-16-6-7-25(19-40)27-17-29(39-33(38-22-37)28(27)18-36)32-30(43-20-23-10-11-23)8-5-9-31(32)44-21-24-12-14-26(42-4)15-13-24/h5,8-9,12-15,17,22-23,25H,6-7,10-11,16,19-21H2,1-4H3,(H2,37,38,39). The summed E-state index contributed by atoms with van der Waals surface area (Å²) in [6.45, 7) is 7.45. The molecule has 2 N–H and O–H groups in total. The first-order chi connectivity index (χ1) is 21.7. The van der Waals surface area contributed by atoms with Crippen molar-refractivity contribution in [1.29, 1.82) is 5.26 Å². The zero-order chi connectivity index (χ0) is 32.0. The summed E-state index contributed by atoms with van der Waals surface area (Å²) in [4.78, 5) is 23.8. The third-order valence-corrected chi connectivity index (χ3v) is 7.82. The number of hydrogen-bond donors (Lipinski definition) is 1. The number of carbonyl (C=O) groups excluding carboxylic acids is 1. The van der Waals surface area contributed by atoms with Crippen LogP contribution in [-0.4, -0.2) is 54.7 Å². The molecule has 2 aromatic carbocycles. The van der Waals surface area contributed by atoms with Gasteiger partial charge in [0.05, 0.1) is 31.3 Å². The maximum Gasteiger partial charge on any atom is 0.410 e. The molecular weight excluding hydrogens is 570 g/mol. The zero-order valence-corrected chi connectivity index (χ0v) is 26.4. The van der Waals surface area contributed by atoms with Crippen LogP contribution in [-0.2, 0) is 11.3 Å². The number of methoxy groups -OCH3 is 1. The van der Waals surface area contributed by atoms with E-state index in [2.05, 4.69) is 11.1 Å². The SMILES string of the molecule is COc1ccc(COc2cccc(OCC3CC3)c2-c2cc(C3CCCN(C(=O)OC(C)(C)C)C3)c(C#N)c(/N=C/N)n2)cc1. The second kappa shape index (κ2) is 13.9. The number of ether oxygens (including phenoxy) is 4. The maximum absolute atomic E-state index is 13.0. The summed E-state index contributed by atoms with van der Waals surface area (Å²) < 4.78 is 23.7. The van der Waals surface area contributed by atoms with Gasteiger partial charge in [-0.2, -0.15) is 5.26 Å². The number of carbonyl (C=O) groups is 1. The van der Waals surface area contributed by atoms with Gasteiger partial charge in [-0.3, -0.25) is 0 Å². The number of aliphatic imine (C=N–C) groups is 1. The molecule has 1 unspecified atom stereocenters. The fraction of sp³-hybridized carbons (Fsp3) is 0.429. The highest BCUT2D eigenvalue weighted by Gasteiger charge is 2.32. The predicted molar refractivity (Wildman–Crippen MR) is 172 cm³/mol. The Hall–Kier alpha value is -4.78. The number of hydrogen-bond acceptors (Lipinski definition) is 8. The van der Waals surface area contributed by atoms with Crippen molar-refractivity contribution in [2.75, 3.05) is 26.8 Å². The quantitative estimate of drug-likeness (QED) is 0.197. The lowest BCUT2D eigenvalue weighted by Gasteiger charge is -2.34. The van der Waals surface area contributed by atoms with E-state index in [1.807, 2.05) is 69.3 Å². The summed E-state index contributed by atoms with van der Waals surface area (Å²) in [7, 11) is 1.63. The van der Waals surface area contributed by atoms with Crippen molar-refractivity contribution in [3.05, 3.63) is 65.2 Å². The number of likely N-dealkylation sites (tertiary alicyclic amines) is 1. The van der Waals surface area contributed by atoms with Gasteiger partial charge in [0.25, 0.3) is 0 Å². The molecule has 5 rings (SSSR count). The highest BCUT2D eigenvalue weighted by Crippen LogP contribution is 2.43. The van der Waals surface area contributed by atoms with Crippen molar-refractivity contribution >= 4 is 18.2 Å². The summed E-state index contributed by atoms with van der Waals surface area (Å²) in [5.74, 6) is 2.59. The van der Waals surface area contributed by atoms with Crippen LogP contribution in [0.3, 0.4) is 0 Å². The van der Waals surface area contributed by atoms with E-state index < -0.39 is 5.60 Å². The molecule has 1 aliphatic heterocycles. The van der Waals surface area contributed by atoms with Crippen LogP contribution in [0.4, 0.5) is 10.6 Å². The van der Waals surface area contributed by atoms with Crippen molar-refractivity contribution in [3.8, 4) is 34.6 Å². The van der Waals surface area contributed by atoms with Gasteiger partial charge < -0.3 is 29.6 Å². The maximum atomic E-state index is 13.0. The van der Waals surface area contributed by atoms with E-state index in [0.29, 0.717) is 60.5 Å². The van der Waals surface area contributed by atoms with Gasteiger partial charge in [-0.1, -0.05) is 18.2 Å². The van der Waals surface area contributed by atoms with Crippen LogP contribution in [0.2, 0.25) is 0 Å². The number of aromatic nitrogens is 1. The number of pyridine rings is 1. The van der Waals surface area contributed by atoms with Crippen molar-refractivity contribution in [3.63, 3.8) is 0 Å². The van der Waals surface area contributed by atoms with Gasteiger partial charge in [0.1, 0.15) is 41.1 Å². The van der Waals surface area contributed by atoms with Crippen LogP contribution < -0.4 is 19.9 Å². The molecule has 0 radical (unpaired) electrons. The number of nitrogens with zero attached hydrogens (tertiary/aromatic N) is 4. The Morgan fingerprint density at radius 3 is 2.51 bits per heavy atom. The molecule has 10 nitrogen and oxygen atoms in total. The lowest BCUT2D eigenvalue weighted by atomic mass is 9.87. The third kappa shape index (κ3) is 8.04. The van der Waals surface area contributed by atoms with E-state index in [4.69, 9.17) is 29.7 Å². The van der Waals surface area contributed by atoms with Gasteiger partial charge in [0, 0.05) is 19.0 Å². The van der Waals surface area contributed by atoms with Gasteiger partial charge in [-0.25, -0.2) is 14.8 Å². The molecule has 0 spiro atoms. The topological polar surface area (TPSA) is 132 Å². The van der Waals surface area contributed by atoms with Gasteiger partial charge in [-0.05, 0) is 93.8 Å². The minimum atomic E-state index is -0.610. The van der Waals surface area contributed by atoms with Gasteiger partial charge in [-0.15, -0.1) is 0 Å². The molecule has 1 atom stereocenters. The van der Waals surface area contributed by atoms with Crippen LogP contribution in [0.25, 0.3) is 11.3 Å². The van der Waals surface area contributed by atoms with E-state index in [-0.39, 0.29) is 17.8 Å². The van der Waals surface area contributed by atoms with Crippen LogP contribution in [0.15, 0.2) is 53.5 Å². The molecule has 1 aliphatic carbocycles. The van der Waals surface area contributed by atoms with Gasteiger partial charge >= 0.3 is 6.09 Å². The lowest BCUT2D eigenvalue weighted by Crippen LogP contribution is -2.42. The first-order valence-corrected chi connectivity index (χ1v) is 15.4. The van der Waals surface area contributed by atoms with E-state index in [1.165, 1.54) is 0 Å². The Labute approximate surface area is 264 Å². The molecule has 45 heavy (non-hydrogen) atoms. The Bertz CT molecular complexity index is 1570. The smallest absolute Gasteiger partial charge is 0.410 e. The molecule has 236 valence electrons. The first-order valence-electron chi connectivity index (χ1n) is 15.4. The summed E-state index contributed by atoms with van der Waals surface area (Å²) >= 11 is 0. The number of nitrogens with two attached hydrogens (primary N) is 1. The molecular formula is C35H41N5O5. The molecule has 1 amide bonds. The van der Waals surface area contributed by atoms with Crippen LogP contribution in [0.5, 0.6) is 17.2 Å². The average molecular weight is 612 g/mol. The van der Waals surface area contributed by atoms with Gasteiger partial charge in [0.15, 0.2) is 5.82 Å². The van der Waals surface area contributed by atoms with Crippen molar-refractivity contribution in [2.45, 2.75) is 64.6 Å². The molecule has 1 aromatic heterocycles. The minimum absolute atomic E-state index is 0.141. The summed E-state index contributed by atoms with van der Waals surface area (Å²) in [5, 5.41) is 10.3. The zero-order valence-electron chi connectivity index (χ0n) is 26.4. The Balaban J connectivity index is 1.55. The van der Waals surface area contributed by atoms with E-state index in [0.717, 1.165) is 48.9 Å². The molecule has 2 aliphatic rings. The second-order valence-corrected chi connectivity index (χ2v) is 12.5. The Kier molecular flexibility index (Phi) is 9.77. The second-order valence-electron chi connectivity index (χ2n) is 12.5. The van der Waals surface area contributed by atoms with Crippen molar-refractivity contribution in [2.24, 2.45) is 16.6 Å². The van der Waals surface area contributed by atoms with Gasteiger partial charge in [0.2, 0.25) is 0 Å².